The zero-order valence-corrected chi connectivity index (χ0v) is 19.2. The number of fused-ring (bicyclic) bond motifs is 2. The molecule has 2 aliphatic rings. The van der Waals surface area contributed by atoms with Gasteiger partial charge in [-0.3, -0.25) is 4.68 Å². The van der Waals surface area contributed by atoms with Crippen molar-refractivity contribution in [2.75, 3.05) is 19.9 Å². The highest BCUT2D eigenvalue weighted by Crippen LogP contribution is 2.39. The summed E-state index contributed by atoms with van der Waals surface area (Å²) < 4.78 is 29.4. The first-order chi connectivity index (χ1) is 16.7. The van der Waals surface area contributed by atoms with Gasteiger partial charge in [0.2, 0.25) is 6.79 Å². The van der Waals surface area contributed by atoms with Crippen molar-refractivity contribution >= 4 is 11.0 Å². The summed E-state index contributed by atoms with van der Waals surface area (Å²) in [5, 5.41) is 4.32. The maximum Gasteiger partial charge on any atom is 0.231 e. The molecular weight excluding hydrogens is 433 g/mol. The molecule has 0 bridgehead atoms. The van der Waals surface area contributed by atoms with Crippen LogP contribution in [-0.2, 0) is 6.54 Å². The first-order valence-corrected chi connectivity index (χ1v) is 11.9. The smallest absolute Gasteiger partial charge is 0.231 e. The van der Waals surface area contributed by atoms with Crippen LogP contribution in [0.15, 0.2) is 54.9 Å². The summed E-state index contributed by atoms with van der Waals surface area (Å²) in [4.78, 5) is 7.43. The van der Waals surface area contributed by atoms with Crippen LogP contribution in [-0.4, -0.2) is 50.2 Å². The summed E-state index contributed by atoms with van der Waals surface area (Å²) in [6, 6.07) is 13.6. The molecule has 0 spiro atoms. The fourth-order valence-corrected chi connectivity index (χ4v) is 5.20. The Labute approximate surface area is 197 Å². The van der Waals surface area contributed by atoms with Gasteiger partial charge in [-0.05, 0) is 62.6 Å². The second-order valence-electron chi connectivity index (χ2n) is 9.18. The molecule has 34 heavy (non-hydrogen) atoms. The Hall–Kier alpha value is -3.39. The van der Waals surface area contributed by atoms with Gasteiger partial charge in [-0.2, -0.15) is 5.10 Å². The van der Waals surface area contributed by atoms with Crippen LogP contribution in [0.4, 0.5) is 4.39 Å². The van der Waals surface area contributed by atoms with E-state index in [4.69, 9.17) is 14.5 Å². The summed E-state index contributed by atoms with van der Waals surface area (Å²) in [5.74, 6) is 2.05. The fourth-order valence-electron chi connectivity index (χ4n) is 5.20. The van der Waals surface area contributed by atoms with E-state index in [1.165, 1.54) is 12.1 Å². The number of aromatic nitrogens is 4. The molecule has 0 saturated carbocycles. The summed E-state index contributed by atoms with van der Waals surface area (Å²) >= 11 is 0. The lowest BCUT2D eigenvalue weighted by Gasteiger charge is -2.37. The van der Waals surface area contributed by atoms with Crippen LogP contribution in [0.25, 0.3) is 22.4 Å². The number of rotatable bonds is 6. The Balaban J connectivity index is 1.25. The lowest BCUT2D eigenvalue weighted by molar-refractivity contribution is 0.135. The molecular formula is C26H28FN5O2. The van der Waals surface area contributed by atoms with Crippen LogP contribution in [0.1, 0.15) is 32.2 Å². The monoisotopic (exact) mass is 461 g/mol. The lowest BCUT2D eigenvalue weighted by atomic mass is 10.0. The van der Waals surface area contributed by atoms with Gasteiger partial charge in [0, 0.05) is 55.7 Å². The number of nitrogens with zero attached hydrogens (tertiary/aromatic N) is 5. The van der Waals surface area contributed by atoms with E-state index in [2.05, 4.69) is 21.5 Å². The average Bonchev–Trinajstić information content (AvgIpc) is 3.61. The van der Waals surface area contributed by atoms with E-state index < -0.39 is 0 Å². The predicted molar refractivity (Wildman–Crippen MR) is 127 cm³/mol. The zero-order valence-electron chi connectivity index (χ0n) is 19.2. The zero-order chi connectivity index (χ0) is 23.1. The van der Waals surface area contributed by atoms with Gasteiger partial charge in [0.05, 0.1) is 11.0 Å². The molecule has 1 saturated heterocycles. The van der Waals surface area contributed by atoms with Crippen LogP contribution in [0.5, 0.6) is 11.5 Å². The average molecular weight is 462 g/mol. The second-order valence-corrected chi connectivity index (χ2v) is 9.18. The molecule has 8 heteroatoms. The van der Waals surface area contributed by atoms with Crippen molar-refractivity contribution in [1.29, 1.82) is 0 Å². The Morgan fingerprint density at radius 1 is 1.09 bits per heavy atom. The molecule has 4 aromatic rings. The Morgan fingerprint density at radius 2 is 1.94 bits per heavy atom. The van der Waals surface area contributed by atoms with Crippen molar-refractivity contribution in [1.82, 2.24) is 24.2 Å². The van der Waals surface area contributed by atoms with Crippen molar-refractivity contribution in [3.8, 4) is 22.9 Å². The van der Waals surface area contributed by atoms with Gasteiger partial charge in [-0.15, -0.1) is 0 Å². The fraction of sp³-hybridized carbons (Fsp3) is 0.385. The summed E-state index contributed by atoms with van der Waals surface area (Å²) in [6.07, 6.45) is 6.96. The van der Waals surface area contributed by atoms with Crippen molar-refractivity contribution in [3.05, 3.63) is 60.7 Å². The highest BCUT2D eigenvalue weighted by atomic mass is 19.1. The van der Waals surface area contributed by atoms with E-state index in [1.54, 1.807) is 0 Å². The summed E-state index contributed by atoms with van der Waals surface area (Å²) in [6.45, 7) is 5.51. The highest BCUT2D eigenvalue weighted by molar-refractivity contribution is 5.81. The molecule has 0 aliphatic carbocycles. The van der Waals surface area contributed by atoms with Gasteiger partial charge < -0.3 is 18.9 Å². The molecule has 6 rings (SSSR count). The number of ether oxygens (including phenoxy) is 2. The SMILES string of the molecule is CC(CCn1cccn1)N1CCC(n2c(-c3ccc4c(c3)OCO4)nc3cc(F)ccc32)CC1. The Kier molecular flexibility index (Phi) is 5.45. The third-order valence-electron chi connectivity index (χ3n) is 7.11. The number of aryl methyl sites for hydroxylation is 1. The van der Waals surface area contributed by atoms with Crippen molar-refractivity contribution in [2.45, 2.75) is 44.8 Å². The topological polar surface area (TPSA) is 57.3 Å². The van der Waals surface area contributed by atoms with E-state index in [0.29, 0.717) is 17.6 Å². The lowest BCUT2D eigenvalue weighted by Crippen LogP contribution is -2.41. The van der Waals surface area contributed by atoms with Gasteiger partial charge >= 0.3 is 0 Å². The predicted octanol–water partition coefficient (Wildman–Crippen LogP) is 4.88. The molecule has 2 aromatic heterocycles. The third-order valence-corrected chi connectivity index (χ3v) is 7.11. The van der Waals surface area contributed by atoms with Gasteiger partial charge in [0.1, 0.15) is 11.6 Å². The number of likely N-dealkylation sites (tertiary alicyclic amines) is 1. The summed E-state index contributed by atoms with van der Waals surface area (Å²) in [5.41, 5.74) is 2.61. The van der Waals surface area contributed by atoms with Crippen molar-refractivity contribution in [3.63, 3.8) is 0 Å². The minimum absolute atomic E-state index is 0.234. The van der Waals surface area contributed by atoms with E-state index in [-0.39, 0.29) is 12.6 Å². The molecule has 7 nitrogen and oxygen atoms in total. The standard InChI is InChI=1S/C26H28FN5O2/c1-18(7-14-31-11-2-10-28-31)30-12-8-21(9-13-30)32-23-5-4-20(27)16-22(23)29-26(32)19-3-6-24-25(15-19)34-17-33-24/h2-6,10-11,15-16,18,21H,7-9,12-14,17H2,1H3. The molecule has 1 atom stereocenters. The molecule has 2 aromatic carbocycles. The van der Waals surface area contributed by atoms with Crippen LogP contribution in [0.3, 0.4) is 0 Å². The Bertz CT molecular complexity index is 1290. The van der Waals surface area contributed by atoms with Gasteiger partial charge in [0.15, 0.2) is 11.5 Å². The number of halogens is 1. The maximum absolute atomic E-state index is 14.0. The quantitative estimate of drug-likeness (QED) is 0.410. The van der Waals surface area contributed by atoms with Gasteiger partial charge in [-0.25, -0.2) is 9.37 Å². The van der Waals surface area contributed by atoms with E-state index in [0.717, 1.165) is 67.3 Å². The normalized spacial score (nSPS) is 17.5. The molecule has 2 aliphatic heterocycles. The maximum atomic E-state index is 14.0. The second kappa shape index (κ2) is 8.76. The van der Waals surface area contributed by atoms with Crippen LogP contribution >= 0.6 is 0 Å². The van der Waals surface area contributed by atoms with Crippen molar-refractivity contribution < 1.29 is 13.9 Å². The minimum atomic E-state index is -0.268. The van der Waals surface area contributed by atoms with E-state index in [1.807, 2.05) is 47.4 Å². The number of piperidine rings is 1. The van der Waals surface area contributed by atoms with Gasteiger partial charge in [0.25, 0.3) is 0 Å². The van der Waals surface area contributed by atoms with Crippen LogP contribution in [0, 0.1) is 5.82 Å². The number of hydrogen-bond acceptors (Lipinski definition) is 5. The molecule has 0 amide bonds. The number of imidazole rings is 1. The Morgan fingerprint density at radius 3 is 2.76 bits per heavy atom. The van der Waals surface area contributed by atoms with Gasteiger partial charge in [-0.1, -0.05) is 0 Å². The van der Waals surface area contributed by atoms with E-state index in [9.17, 15) is 4.39 Å². The molecule has 1 unspecified atom stereocenters. The van der Waals surface area contributed by atoms with Crippen LogP contribution in [0.2, 0.25) is 0 Å². The third kappa shape index (κ3) is 3.92. The largest absolute Gasteiger partial charge is 0.454 e. The molecule has 176 valence electrons. The molecule has 1 fully saturated rings. The minimum Gasteiger partial charge on any atom is -0.454 e. The highest BCUT2D eigenvalue weighted by Gasteiger charge is 2.28. The van der Waals surface area contributed by atoms with Crippen LogP contribution < -0.4 is 9.47 Å². The summed E-state index contributed by atoms with van der Waals surface area (Å²) in [7, 11) is 0. The van der Waals surface area contributed by atoms with E-state index >= 15 is 0 Å². The molecule has 0 radical (unpaired) electrons. The number of benzene rings is 2. The molecule has 4 heterocycles. The first-order valence-electron chi connectivity index (χ1n) is 11.9. The first kappa shape index (κ1) is 21.2. The van der Waals surface area contributed by atoms with Crippen molar-refractivity contribution in [2.24, 2.45) is 0 Å². The molecule has 0 N–H and O–H groups in total. The number of hydrogen-bond donors (Lipinski definition) is 0.